The molecule has 0 N–H and O–H groups in total. The Bertz CT molecular complexity index is 2020. The van der Waals surface area contributed by atoms with Crippen molar-refractivity contribution in [3.63, 3.8) is 0 Å². The number of rotatable bonds is 7. The van der Waals surface area contributed by atoms with E-state index in [2.05, 4.69) is 103 Å². The third kappa shape index (κ3) is 4.79. The molecule has 44 heavy (non-hydrogen) atoms. The van der Waals surface area contributed by atoms with Crippen molar-refractivity contribution >= 4 is 51.6 Å². The highest BCUT2D eigenvalue weighted by atomic mass is 31.1. The van der Waals surface area contributed by atoms with Crippen LogP contribution in [0.3, 0.4) is 0 Å². The maximum absolute atomic E-state index is 7.08. The molecule has 7 rings (SSSR count). The fraction of sp³-hybridized carbons (Fsp3) is 0.158. The lowest BCUT2D eigenvalue weighted by Crippen LogP contribution is -2.33. The predicted octanol–water partition coefficient (Wildman–Crippen LogP) is 10.7. The fourth-order valence-corrected chi connectivity index (χ4v) is 7.95. The van der Waals surface area contributed by atoms with E-state index in [1.807, 2.05) is 36.4 Å². The molecule has 7 aromatic rings. The Balaban J connectivity index is 1.62. The van der Waals surface area contributed by atoms with Gasteiger partial charge in [-0.2, -0.15) is 4.67 Å². The number of methoxy groups -OCH3 is 2. The van der Waals surface area contributed by atoms with Gasteiger partial charge in [0.2, 0.25) is 0 Å². The second kappa shape index (κ2) is 11.8. The molecule has 0 amide bonds. The van der Waals surface area contributed by atoms with Crippen LogP contribution in [0.1, 0.15) is 31.0 Å². The van der Waals surface area contributed by atoms with Crippen LogP contribution in [0.25, 0.3) is 43.5 Å². The summed E-state index contributed by atoms with van der Waals surface area (Å²) in [7, 11) is 1.74. The first kappa shape index (κ1) is 28.1. The maximum Gasteiger partial charge on any atom is 0.310 e. The second-order valence-electron chi connectivity index (χ2n) is 11.1. The van der Waals surface area contributed by atoms with Gasteiger partial charge in [0.15, 0.2) is 0 Å². The molecule has 6 aromatic carbocycles. The topological polar surface area (TPSA) is 48.0 Å². The number of benzene rings is 6. The zero-order valence-electron chi connectivity index (χ0n) is 25.2. The van der Waals surface area contributed by atoms with Gasteiger partial charge < -0.3 is 17.9 Å². The van der Waals surface area contributed by atoms with E-state index in [9.17, 15) is 0 Å². The standard InChI is InChI=1S/C38H34NO4P/c1-25(2)39(38(30-17-9-11-19-32(30)40-3)31-18-10-12-20-33(31)41-4)44-42-34-23-21-26-13-5-7-15-28(26)36(34)37-29-16-8-6-14-27(29)22-24-35(37)43-44/h5-25,38H,1-4H3. The lowest BCUT2D eigenvalue weighted by Gasteiger charge is -2.33. The molecule has 0 fully saturated rings. The first-order valence-corrected chi connectivity index (χ1v) is 16.0. The molecule has 1 heterocycles. The van der Waals surface area contributed by atoms with E-state index in [0.717, 1.165) is 66.1 Å². The second-order valence-corrected chi connectivity index (χ2v) is 12.4. The average molecular weight is 600 g/mol. The van der Waals surface area contributed by atoms with Crippen molar-refractivity contribution < 1.29 is 17.9 Å². The van der Waals surface area contributed by atoms with Crippen LogP contribution in [0.2, 0.25) is 0 Å². The van der Waals surface area contributed by atoms with E-state index in [4.69, 9.17) is 17.9 Å². The molecule has 0 aliphatic rings. The average Bonchev–Trinajstić information content (AvgIpc) is 3.24. The molecule has 0 radical (unpaired) electrons. The van der Waals surface area contributed by atoms with Gasteiger partial charge >= 0.3 is 8.16 Å². The zero-order chi connectivity index (χ0) is 30.2. The molecule has 0 aliphatic heterocycles. The minimum Gasteiger partial charge on any atom is -0.496 e. The summed E-state index contributed by atoms with van der Waals surface area (Å²) in [6.07, 6.45) is 0. The van der Waals surface area contributed by atoms with Crippen molar-refractivity contribution in [1.82, 2.24) is 0 Å². The van der Waals surface area contributed by atoms with Crippen molar-refractivity contribution in [2.45, 2.75) is 25.9 Å². The van der Waals surface area contributed by atoms with E-state index >= 15 is 0 Å². The quantitative estimate of drug-likeness (QED) is 0.182. The minimum atomic E-state index is -1.68. The Morgan fingerprint density at radius 2 is 0.977 bits per heavy atom. The third-order valence-electron chi connectivity index (χ3n) is 8.23. The molecule has 0 bridgehead atoms. The molecular weight excluding hydrogens is 565 g/mol. The zero-order valence-corrected chi connectivity index (χ0v) is 26.1. The van der Waals surface area contributed by atoms with Gasteiger partial charge in [0.25, 0.3) is 0 Å². The van der Waals surface area contributed by atoms with Crippen LogP contribution in [-0.2, 0) is 0 Å². The van der Waals surface area contributed by atoms with E-state index in [1.165, 1.54) is 0 Å². The van der Waals surface area contributed by atoms with Gasteiger partial charge in [-0.25, -0.2) is 0 Å². The monoisotopic (exact) mass is 599 g/mol. The van der Waals surface area contributed by atoms with Gasteiger partial charge in [-0.05, 0) is 59.7 Å². The molecule has 0 unspecified atom stereocenters. The highest BCUT2D eigenvalue weighted by Crippen LogP contribution is 2.49. The summed E-state index contributed by atoms with van der Waals surface area (Å²) < 4.78 is 28.3. The first-order valence-electron chi connectivity index (χ1n) is 14.8. The van der Waals surface area contributed by atoms with E-state index in [-0.39, 0.29) is 12.1 Å². The summed E-state index contributed by atoms with van der Waals surface area (Å²) in [6, 6.07) is 41.4. The molecule has 0 atom stereocenters. The molecule has 1 aromatic heterocycles. The first-order chi connectivity index (χ1) is 21.6. The number of nitrogens with zero attached hydrogens (tertiary/aromatic N) is 1. The third-order valence-corrected chi connectivity index (χ3v) is 10.0. The predicted molar refractivity (Wildman–Crippen MR) is 183 cm³/mol. The van der Waals surface area contributed by atoms with Crippen molar-refractivity contribution in [2.24, 2.45) is 0 Å². The molecule has 5 nitrogen and oxygen atoms in total. The van der Waals surface area contributed by atoms with E-state index in [1.54, 1.807) is 14.2 Å². The van der Waals surface area contributed by atoms with Crippen LogP contribution in [0.4, 0.5) is 0 Å². The van der Waals surface area contributed by atoms with Crippen molar-refractivity contribution in [3.8, 4) is 11.5 Å². The smallest absolute Gasteiger partial charge is 0.310 e. The molecule has 0 saturated carbocycles. The molecule has 6 heteroatoms. The minimum absolute atomic E-state index is 0.0202. The summed E-state index contributed by atoms with van der Waals surface area (Å²) in [5, 5.41) is 6.67. The highest BCUT2D eigenvalue weighted by molar-refractivity contribution is 7.39. The largest absolute Gasteiger partial charge is 0.496 e. The number of hydrogen-bond acceptors (Lipinski definition) is 5. The molecular formula is C38H34NO4P. The number of hydrogen-bond donors (Lipinski definition) is 0. The molecule has 0 spiro atoms. The van der Waals surface area contributed by atoms with Crippen molar-refractivity contribution in [3.05, 3.63) is 132 Å². The highest BCUT2D eigenvalue weighted by Gasteiger charge is 2.34. The summed E-state index contributed by atoms with van der Waals surface area (Å²) in [4.78, 5) is 0. The maximum atomic E-state index is 7.08. The Labute approximate surface area is 257 Å². The number of ether oxygens (including phenoxy) is 2. The Morgan fingerprint density at radius 3 is 1.43 bits per heavy atom. The summed E-state index contributed by atoms with van der Waals surface area (Å²) in [5.74, 6) is 1.58. The Kier molecular flexibility index (Phi) is 7.51. The Morgan fingerprint density at radius 1 is 0.545 bits per heavy atom. The summed E-state index contributed by atoms with van der Waals surface area (Å²) >= 11 is 0. The van der Waals surface area contributed by atoms with Crippen LogP contribution in [0.5, 0.6) is 11.5 Å². The number of para-hydroxylation sites is 2. The molecule has 220 valence electrons. The van der Waals surface area contributed by atoms with E-state index in [0.29, 0.717) is 0 Å². The number of fused-ring (bicyclic) bond motifs is 7. The van der Waals surface area contributed by atoms with Crippen molar-refractivity contribution in [2.75, 3.05) is 18.9 Å². The molecule has 0 saturated heterocycles. The molecule has 0 aliphatic carbocycles. The van der Waals surface area contributed by atoms with Gasteiger partial charge in [-0.3, -0.25) is 0 Å². The summed E-state index contributed by atoms with van der Waals surface area (Å²) in [6.45, 7) is 4.36. The van der Waals surface area contributed by atoms with E-state index < -0.39 is 8.16 Å². The van der Waals surface area contributed by atoms with Crippen LogP contribution >= 0.6 is 8.16 Å². The van der Waals surface area contributed by atoms with Gasteiger partial charge in [0.05, 0.1) is 20.3 Å². The Hall–Kier alpha value is -4.70. The van der Waals surface area contributed by atoms with Crippen LogP contribution in [-0.4, -0.2) is 20.3 Å². The fourth-order valence-electron chi connectivity index (χ4n) is 6.27. The van der Waals surface area contributed by atoms with Crippen LogP contribution < -0.4 is 14.1 Å². The lowest BCUT2D eigenvalue weighted by molar-refractivity contribution is 0.397. The summed E-state index contributed by atoms with van der Waals surface area (Å²) in [5.41, 5.74) is 3.61. The van der Waals surface area contributed by atoms with Crippen LogP contribution in [0, 0.1) is 0 Å². The SMILES string of the molecule is COc1ccccc1C(c1ccccc1OC)N(C(C)C)p1oc2ccc3ccccc3c2c2c(ccc3ccccc32)o1. The normalized spacial score (nSPS) is 11.8. The lowest BCUT2D eigenvalue weighted by atomic mass is 9.96. The van der Waals surface area contributed by atoms with Crippen molar-refractivity contribution in [1.29, 1.82) is 0 Å². The van der Waals surface area contributed by atoms with Crippen LogP contribution in [0.15, 0.2) is 130 Å². The van der Waals surface area contributed by atoms with Gasteiger partial charge in [-0.15, -0.1) is 0 Å². The van der Waals surface area contributed by atoms with Gasteiger partial charge in [-0.1, -0.05) is 97.1 Å². The van der Waals surface area contributed by atoms with Gasteiger partial charge in [0, 0.05) is 27.9 Å². The van der Waals surface area contributed by atoms with Gasteiger partial charge in [0.1, 0.15) is 22.7 Å².